The Morgan fingerprint density at radius 1 is 1.25 bits per heavy atom. The van der Waals surface area contributed by atoms with Gasteiger partial charge in [0.25, 0.3) is 6.04 Å². The van der Waals surface area contributed by atoms with E-state index in [4.69, 9.17) is 0 Å². The molecule has 4 nitrogen and oxygen atoms in total. The van der Waals surface area contributed by atoms with Gasteiger partial charge >= 0.3 is 0 Å². The average Bonchev–Trinajstić information content (AvgIpc) is 1.85. The van der Waals surface area contributed by atoms with Crippen LogP contribution in [-0.4, -0.2) is 16.7 Å². The largest absolute Gasteiger partial charge is 0.292 e. The smallest absolute Gasteiger partial charge is 0.272 e. The molecule has 0 spiro atoms. The highest BCUT2D eigenvalue weighted by molar-refractivity contribution is 5.84. The summed E-state index contributed by atoms with van der Waals surface area (Å²) in [5, 5.41) is 10.5. The van der Waals surface area contributed by atoms with Gasteiger partial charge in [0.15, 0.2) is 0 Å². The fraction of sp³-hybridized carbons (Fsp3) is 0.875. The molecule has 0 amide bonds. The first-order valence-electron chi connectivity index (χ1n) is 4.05. The summed E-state index contributed by atoms with van der Waals surface area (Å²) in [6, 6.07) is -1.04. The third kappa shape index (κ3) is 2.60. The minimum Gasteiger partial charge on any atom is -0.292 e. The first-order chi connectivity index (χ1) is 5.37. The maximum absolute atomic E-state index is 11.3. The minimum absolute atomic E-state index is 0.227. The number of nitro groups is 1. The zero-order valence-electron chi connectivity index (χ0n) is 7.90. The second-order valence-corrected chi connectivity index (χ2v) is 3.53. The van der Waals surface area contributed by atoms with E-state index in [0.717, 1.165) is 0 Å². The van der Waals surface area contributed by atoms with E-state index in [2.05, 4.69) is 0 Å². The lowest BCUT2D eigenvalue weighted by Crippen LogP contribution is -2.37. The number of carbonyl (C=O) groups is 1. The second kappa shape index (κ2) is 4.18. The van der Waals surface area contributed by atoms with Crippen LogP contribution in [0, 0.1) is 22.0 Å². The first kappa shape index (κ1) is 11.1. The molecule has 0 heterocycles. The third-order valence-corrected chi connectivity index (χ3v) is 1.72. The number of carbonyl (C=O) groups excluding carboxylic acids is 1. The lowest BCUT2D eigenvalue weighted by Gasteiger charge is -2.13. The molecule has 0 bridgehead atoms. The molecule has 0 fully saturated rings. The van der Waals surface area contributed by atoms with Gasteiger partial charge in [0, 0.05) is 16.8 Å². The Kier molecular flexibility index (Phi) is 3.86. The molecule has 0 aromatic heterocycles. The van der Waals surface area contributed by atoms with E-state index in [9.17, 15) is 14.9 Å². The van der Waals surface area contributed by atoms with Crippen LogP contribution in [0.4, 0.5) is 0 Å². The van der Waals surface area contributed by atoms with Crippen LogP contribution in [-0.2, 0) is 4.79 Å². The van der Waals surface area contributed by atoms with E-state index in [1.54, 1.807) is 27.7 Å². The van der Waals surface area contributed by atoms with Gasteiger partial charge in [-0.25, -0.2) is 0 Å². The zero-order chi connectivity index (χ0) is 9.89. The van der Waals surface area contributed by atoms with Gasteiger partial charge in [-0.3, -0.25) is 14.9 Å². The second-order valence-electron chi connectivity index (χ2n) is 3.53. The Morgan fingerprint density at radius 3 is 1.75 bits per heavy atom. The lowest BCUT2D eigenvalue weighted by molar-refractivity contribution is -0.515. The van der Waals surface area contributed by atoms with E-state index in [-0.39, 0.29) is 17.6 Å². The van der Waals surface area contributed by atoms with Crippen molar-refractivity contribution in [2.24, 2.45) is 11.8 Å². The van der Waals surface area contributed by atoms with E-state index in [1.807, 2.05) is 0 Å². The van der Waals surface area contributed by atoms with Crippen molar-refractivity contribution in [2.75, 3.05) is 0 Å². The van der Waals surface area contributed by atoms with Gasteiger partial charge in [0.05, 0.1) is 0 Å². The van der Waals surface area contributed by atoms with Gasteiger partial charge in [-0.05, 0) is 0 Å². The van der Waals surface area contributed by atoms with Crippen molar-refractivity contribution in [3.63, 3.8) is 0 Å². The Hall–Kier alpha value is -0.930. The first-order valence-corrected chi connectivity index (χ1v) is 4.05. The number of Topliss-reactive ketones (excluding diaryl/α,β-unsaturated/α-hetero) is 1. The Labute approximate surface area is 72.1 Å². The summed E-state index contributed by atoms with van der Waals surface area (Å²) in [6.45, 7) is 6.74. The van der Waals surface area contributed by atoms with Crippen molar-refractivity contribution in [2.45, 2.75) is 33.7 Å². The van der Waals surface area contributed by atoms with Crippen molar-refractivity contribution >= 4 is 5.78 Å². The molecule has 0 saturated heterocycles. The number of ketones is 1. The molecule has 1 atom stereocenters. The van der Waals surface area contributed by atoms with Gasteiger partial charge in [-0.2, -0.15) is 0 Å². The summed E-state index contributed by atoms with van der Waals surface area (Å²) in [6.07, 6.45) is 0. The van der Waals surface area contributed by atoms with Crippen molar-refractivity contribution in [3.8, 4) is 0 Å². The maximum atomic E-state index is 11.3. The molecule has 0 aromatic rings. The summed E-state index contributed by atoms with van der Waals surface area (Å²) in [5.41, 5.74) is 0. The van der Waals surface area contributed by atoms with Crippen molar-refractivity contribution in [1.82, 2.24) is 0 Å². The van der Waals surface area contributed by atoms with Crippen LogP contribution in [0.3, 0.4) is 0 Å². The molecule has 0 N–H and O–H groups in total. The quantitative estimate of drug-likeness (QED) is 0.478. The molecular formula is C8H15NO3. The highest BCUT2D eigenvalue weighted by Crippen LogP contribution is 2.11. The highest BCUT2D eigenvalue weighted by atomic mass is 16.6. The summed E-state index contributed by atoms with van der Waals surface area (Å²) in [4.78, 5) is 21.3. The fourth-order valence-electron chi connectivity index (χ4n) is 1.02. The van der Waals surface area contributed by atoms with Crippen LogP contribution in [0.1, 0.15) is 27.7 Å². The molecule has 0 aliphatic carbocycles. The van der Waals surface area contributed by atoms with Crippen LogP contribution in [0.15, 0.2) is 0 Å². The molecule has 0 aromatic carbocycles. The van der Waals surface area contributed by atoms with Crippen molar-refractivity contribution in [3.05, 3.63) is 10.1 Å². The van der Waals surface area contributed by atoms with Gasteiger partial charge < -0.3 is 0 Å². The van der Waals surface area contributed by atoms with E-state index in [1.165, 1.54) is 0 Å². The summed E-state index contributed by atoms with van der Waals surface area (Å²) >= 11 is 0. The van der Waals surface area contributed by atoms with E-state index in [0.29, 0.717) is 0 Å². The number of rotatable bonds is 4. The van der Waals surface area contributed by atoms with E-state index < -0.39 is 11.0 Å². The van der Waals surface area contributed by atoms with Crippen LogP contribution in [0.5, 0.6) is 0 Å². The summed E-state index contributed by atoms with van der Waals surface area (Å²) < 4.78 is 0. The maximum Gasteiger partial charge on any atom is 0.272 e. The summed E-state index contributed by atoms with van der Waals surface area (Å²) in [5.74, 6) is -0.771. The predicted octanol–water partition coefficient (Wildman–Crippen LogP) is 1.51. The Balaban J connectivity index is 4.52. The average molecular weight is 173 g/mol. The molecule has 12 heavy (non-hydrogen) atoms. The SMILES string of the molecule is CC(C)C(=O)C(C(C)C)[N+](=O)[O-]. The Morgan fingerprint density at radius 2 is 1.67 bits per heavy atom. The Bertz CT molecular complexity index is 187. The van der Waals surface area contributed by atoms with Crippen LogP contribution < -0.4 is 0 Å². The lowest BCUT2D eigenvalue weighted by atomic mass is 9.94. The van der Waals surface area contributed by atoms with Crippen molar-refractivity contribution in [1.29, 1.82) is 0 Å². The number of hydrogen-bond acceptors (Lipinski definition) is 3. The van der Waals surface area contributed by atoms with Gasteiger partial charge in [-0.15, -0.1) is 0 Å². The molecule has 0 radical (unpaired) electrons. The highest BCUT2D eigenvalue weighted by Gasteiger charge is 2.34. The monoisotopic (exact) mass is 173 g/mol. The van der Waals surface area contributed by atoms with E-state index >= 15 is 0 Å². The molecule has 1 unspecified atom stereocenters. The predicted molar refractivity (Wildman–Crippen MR) is 45.5 cm³/mol. The fourth-order valence-corrected chi connectivity index (χ4v) is 1.02. The van der Waals surface area contributed by atoms with Crippen LogP contribution in [0.25, 0.3) is 0 Å². The third-order valence-electron chi connectivity index (χ3n) is 1.72. The normalized spacial score (nSPS) is 13.5. The van der Waals surface area contributed by atoms with Gasteiger partial charge in [0.2, 0.25) is 5.78 Å². The van der Waals surface area contributed by atoms with Gasteiger partial charge in [-0.1, -0.05) is 27.7 Å². The minimum atomic E-state index is -1.04. The van der Waals surface area contributed by atoms with Crippen molar-refractivity contribution < 1.29 is 9.72 Å². The molecule has 0 aliphatic heterocycles. The molecular weight excluding hydrogens is 158 g/mol. The number of nitrogens with zero attached hydrogens (tertiary/aromatic N) is 1. The topological polar surface area (TPSA) is 60.2 Å². The molecule has 0 rings (SSSR count). The molecule has 0 aliphatic rings. The van der Waals surface area contributed by atoms with Crippen LogP contribution in [0.2, 0.25) is 0 Å². The van der Waals surface area contributed by atoms with Gasteiger partial charge in [0.1, 0.15) is 0 Å². The molecule has 4 heteroatoms. The standard InChI is InChI=1S/C8H15NO3/c1-5(2)7(9(11)12)8(10)6(3)4/h5-7H,1-4H3. The van der Waals surface area contributed by atoms with Crippen LogP contribution >= 0.6 is 0 Å². The molecule has 70 valence electrons. The summed E-state index contributed by atoms with van der Waals surface area (Å²) in [7, 11) is 0. The number of hydrogen-bond donors (Lipinski definition) is 0. The molecule has 0 saturated carbocycles. The zero-order valence-corrected chi connectivity index (χ0v) is 7.90.